The van der Waals surface area contributed by atoms with Crippen LogP contribution in [0, 0.1) is 6.92 Å². The Bertz CT molecular complexity index is 1160. The fourth-order valence-electron chi connectivity index (χ4n) is 5.40. The Morgan fingerprint density at radius 2 is 1.81 bits per heavy atom. The van der Waals surface area contributed by atoms with Crippen LogP contribution in [-0.4, -0.2) is 78.2 Å². The molecule has 9 heteroatoms. The van der Waals surface area contributed by atoms with Gasteiger partial charge in [-0.1, -0.05) is 35.4 Å². The Labute approximate surface area is 221 Å². The third-order valence-electron chi connectivity index (χ3n) is 7.51. The van der Waals surface area contributed by atoms with Crippen LogP contribution in [0.25, 0.3) is 0 Å². The van der Waals surface area contributed by atoms with Gasteiger partial charge in [0.05, 0.1) is 12.7 Å². The zero-order chi connectivity index (χ0) is 26.0. The van der Waals surface area contributed by atoms with Gasteiger partial charge in [-0.25, -0.2) is 0 Å². The molecule has 2 aromatic rings. The lowest BCUT2D eigenvalue weighted by atomic mass is 9.96. The molecule has 3 aliphatic rings. The molecule has 2 atom stereocenters. The number of rotatable bonds is 5. The van der Waals surface area contributed by atoms with E-state index in [1.54, 1.807) is 46.2 Å². The number of aryl methyl sites for hydroxylation is 1. The van der Waals surface area contributed by atoms with Crippen molar-refractivity contribution in [3.05, 3.63) is 70.2 Å². The van der Waals surface area contributed by atoms with Crippen molar-refractivity contribution < 1.29 is 23.9 Å². The van der Waals surface area contributed by atoms with Crippen LogP contribution in [0.3, 0.4) is 0 Å². The molecule has 3 fully saturated rings. The number of ether oxygens (including phenoxy) is 2. The summed E-state index contributed by atoms with van der Waals surface area (Å²) < 4.78 is 11.9. The van der Waals surface area contributed by atoms with Crippen molar-refractivity contribution in [2.75, 3.05) is 32.8 Å². The number of likely N-dealkylation sites (tertiary alicyclic amines) is 1. The normalized spacial score (nSPS) is 22.9. The average molecular weight is 526 g/mol. The fraction of sp³-hybridized carbons (Fsp3) is 0.464. The Balaban J connectivity index is 1.34. The average Bonchev–Trinajstić information content (AvgIpc) is 3.56. The minimum Gasteiger partial charge on any atom is -0.376 e. The van der Waals surface area contributed by atoms with Crippen molar-refractivity contribution in [2.24, 2.45) is 0 Å². The molecular weight excluding hydrogens is 494 g/mol. The maximum atomic E-state index is 13.8. The van der Waals surface area contributed by atoms with Crippen molar-refractivity contribution in [3.8, 4) is 0 Å². The van der Waals surface area contributed by atoms with Crippen LogP contribution in [0.15, 0.2) is 48.5 Å². The summed E-state index contributed by atoms with van der Waals surface area (Å²) >= 11 is 6.08. The monoisotopic (exact) mass is 525 g/mol. The fourth-order valence-corrected chi connectivity index (χ4v) is 5.59. The van der Waals surface area contributed by atoms with E-state index in [2.05, 4.69) is 5.32 Å². The van der Waals surface area contributed by atoms with Gasteiger partial charge in [0, 0.05) is 55.2 Å². The van der Waals surface area contributed by atoms with Gasteiger partial charge in [0.25, 0.3) is 11.8 Å². The number of nitrogens with one attached hydrogen (secondary N) is 1. The number of amides is 3. The summed E-state index contributed by atoms with van der Waals surface area (Å²) in [5, 5.41) is 3.48. The molecule has 8 nitrogen and oxygen atoms in total. The largest absolute Gasteiger partial charge is 0.376 e. The number of carbonyl (C=O) groups is 3. The second-order valence-electron chi connectivity index (χ2n) is 10.00. The summed E-state index contributed by atoms with van der Waals surface area (Å²) in [5.74, 6) is -0.604. The summed E-state index contributed by atoms with van der Waals surface area (Å²) in [6, 6.07) is 13.5. The van der Waals surface area contributed by atoms with Gasteiger partial charge in [0.15, 0.2) is 0 Å². The molecule has 3 saturated heterocycles. The highest BCUT2D eigenvalue weighted by Gasteiger charge is 2.54. The van der Waals surface area contributed by atoms with E-state index < -0.39 is 11.8 Å². The molecule has 1 spiro atoms. The van der Waals surface area contributed by atoms with E-state index >= 15 is 0 Å². The molecule has 0 saturated carbocycles. The molecule has 0 aromatic heterocycles. The van der Waals surface area contributed by atoms with Crippen molar-refractivity contribution in [3.63, 3.8) is 0 Å². The van der Waals surface area contributed by atoms with Gasteiger partial charge in [-0.2, -0.15) is 0 Å². The Hall–Kier alpha value is -2.94. The van der Waals surface area contributed by atoms with E-state index in [0.717, 1.165) is 18.4 Å². The highest BCUT2D eigenvalue weighted by Crippen LogP contribution is 2.39. The van der Waals surface area contributed by atoms with Gasteiger partial charge in [-0.05, 0) is 50.1 Å². The van der Waals surface area contributed by atoms with E-state index in [-0.39, 0.29) is 30.4 Å². The summed E-state index contributed by atoms with van der Waals surface area (Å²) in [7, 11) is 0. The smallest absolute Gasteiger partial charge is 0.256 e. The number of benzene rings is 2. The first kappa shape index (κ1) is 25.7. The maximum absolute atomic E-state index is 13.8. The minimum atomic E-state index is -0.959. The molecule has 5 rings (SSSR count). The predicted molar refractivity (Wildman–Crippen MR) is 138 cm³/mol. The second kappa shape index (κ2) is 10.8. The van der Waals surface area contributed by atoms with Crippen LogP contribution in [0.1, 0.15) is 52.0 Å². The molecule has 0 radical (unpaired) electrons. The van der Waals surface area contributed by atoms with Crippen molar-refractivity contribution in [1.82, 2.24) is 15.1 Å². The predicted octanol–water partition coefficient (Wildman–Crippen LogP) is 3.42. The van der Waals surface area contributed by atoms with Crippen molar-refractivity contribution in [2.45, 2.75) is 50.5 Å². The third kappa shape index (κ3) is 5.37. The van der Waals surface area contributed by atoms with E-state index in [4.69, 9.17) is 21.1 Å². The SMILES string of the molecule is Cc1ccc(C(=O)N2[C@H](C(=O)NC[C@H]3CCCO3)COC23CCN(C(=O)c2cccc(Cl)c2)CC3)cc1. The van der Waals surface area contributed by atoms with Crippen LogP contribution in [0.4, 0.5) is 0 Å². The zero-order valence-electron chi connectivity index (χ0n) is 21.0. The number of piperidine rings is 1. The number of halogens is 1. The first-order valence-corrected chi connectivity index (χ1v) is 13.2. The molecule has 3 aliphatic heterocycles. The number of hydrogen-bond donors (Lipinski definition) is 1. The standard InChI is InChI=1S/C28H32ClN3O5/c1-19-7-9-20(10-8-19)27(35)32-24(25(33)30-17-23-6-3-15-36-23)18-37-28(32)11-13-31(14-12-28)26(34)21-4-2-5-22(29)16-21/h2,4-5,7-10,16,23-24H,3,6,11-15,17-18H2,1H3,(H,30,33)/t23-,24+/m1/s1. The highest BCUT2D eigenvalue weighted by molar-refractivity contribution is 6.30. The van der Waals surface area contributed by atoms with Gasteiger partial charge < -0.3 is 19.7 Å². The van der Waals surface area contributed by atoms with Crippen molar-refractivity contribution in [1.29, 1.82) is 0 Å². The van der Waals surface area contributed by atoms with Crippen LogP contribution >= 0.6 is 11.6 Å². The first-order chi connectivity index (χ1) is 17.9. The summed E-state index contributed by atoms with van der Waals surface area (Å²) in [5.41, 5.74) is 1.11. The highest BCUT2D eigenvalue weighted by atomic mass is 35.5. The molecule has 0 bridgehead atoms. The van der Waals surface area contributed by atoms with Gasteiger partial charge >= 0.3 is 0 Å². The second-order valence-corrected chi connectivity index (χ2v) is 10.4. The first-order valence-electron chi connectivity index (χ1n) is 12.8. The molecule has 3 amide bonds. The van der Waals surface area contributed by atoms with Gasteiger partial charge in [-0.15, -0.1) is 0 Å². The summed E-state index contributed by atoms with van der Waals surface area (Å²) in [4.78, 5) is 43.6. The van der Waals surface area contributed by atoms with Crippen LogP contribution in [0.2, 0.25) is 5.02 Å². The molecule has 196 valence electrons. The van der Waals surface area contributed by atoms with Crippen LogP contribution in [0.5, 0.6) is 0 Å². The van der Waals surface area contributed by atoms with E-state index in [0.29, 0.717) is 55.2 Å². The molecule has 1 N–H and O–H groups in total. The van der Waals surface area contributed by atoms with Crippen molar-refractivity contribution >= 4 is 29.3 Å². The molecule has 37 heavy (non-hydrogen) atoms. The maximum Gasteiger partial charge on any atom is 0.256 e. The number of hydrogen-bond acceptors (Lipinski definition) is 5. The number of nitrogens with zero attached hydrogens (tertiary/aromatic N) is 2. The molecule has 0 aliphatic carbocycles. The van der Waals surface area contributed by atoms with E-state index in [9.17, 15) is 14.4 Å². The quantitative estimate of drug-likeness (QED) is 0.646. The van der Waals surface area contributed by atoms with E-state index in [1.807, 2.05) is 19.1 Å². The molecule has 2 aromatic carbocycles. The summed E-state index contributed by atoms with van der Waals surface area (Å²) in [6.07, 6.45) is 2.72. The van der Waals surface area contributed by atoms with E-state index in [1.165, 1.54) is 0 Å². The lowest BCUT2D eigenvalue weighted by Gasteiger charge is -2.44. The molecule has 3 heterocycles. The third-order valence-corrected chi connectivity index (χ3v) is 7.75. The topological polar surface area (TPSA) is 88.2 Å². The summed E-state index contributed by atoms with van der Waals surface area (Å²) in [6.45, 7) is 3.98. The minimum absolute atomic E-state index is 0.00206. The molecule has 0 unspecified atom stereocenters. The lowest BCUT2D eigenvalue weighted by molar-refractivity contribution is -0.128. The number of carbonyl (C=O) groups excluding carboxylic acids is 3. The van der Waals surface area contributed by atoms with Gasteiger partial charge in [0.2, 0.25) is 5.91 Å². The van der Waals surface area contributed by atoms with Gasteiger partial charge in [-0.3, -0.25) is 19.3 Å². The zero-order valence-corrected chi connectivity index (χ0v) is 21.7. The van der Waals surface area contributed by atoms with Crippen LogP contribution < -0.4 is 5.32 Å². The Morgan fingerprint density at radius 3 is 2.49 bits per heavy atom. The Morgan fingerprint density at radius 1 is 1.05 bits per heavy atom. The van der Waals surface area contributed by atoms with Crippen LogP contribution in [-0.2, 0) is 14.3 Å². The van der Waals surface area contributed by atoms with Gasteiger partial charge in [0.1, 0.15) is 11.8 Å². The lowest BCUT2D eigenvalue weighted by Crippen LogP contribution is -2.60. The Kier molecular flexibility index (Phi) is 7.51. The molecular formula is C28H32ClN3O5.